The molecule has 0 fully saturated rings. The van der Waals surface area contributed by atoms with Gasteiger partial charge in [-0.1, -0.05) is 0 Å². The molecule has 0 aliphatic heterocycles. The first kappa shape index (κ1) is 17.3. The Morgan fingerprint density at radius 3 is 2.74 bits per heavy atom. The molecule has 0 aliphatic rings. The Kier molecular flexibility index (Phi) is 4.19. The standard InChI is InChI=1S/C19H17N3O4S/c1-21-15-6-4-11(25-2)8-13(15)14-9-20-22(18(23)17(14)21)10-12-5-7-16(27-12)19(24)26-3/h4-9H,10H2,1-3H3. The van der Waals surface area contributed by atoms with Gasteiger partial charge in [0.05, 0.1) is 27.0 Å². The number of carbonyl (C=O) groups excluding carboxylic acids is 1. The highest BCUT2D eigenvalue weighted by atomic mass is 32.1. The fourth-order valence-electron chi connectivity index (χ4n) is 3.20. The van der Waals surface area contributed by atoms with Gasteiger partial charge in [0.25, 0.3) is 5.56 Å². The number of nitrogens with zero attached hydrogens (tertiary/aromatic N) is 3. The molecular formula is C19H17N3O4S. The van der Waals surface area contributed by atoms with Crippen LogP contribution < -0.4 is 10.3 Å². The fourth-order valence-corrected chi connectivity index (χ4v) is 4.11. The van der Waals surface area contributed by atoms with Gasteiger partial charge >= 0.3 is 5.97 Å². The van der Waals surface area contributed by atoms with E-state index in [1.54, 1.807) is 19.4 Å². The SMILES string of the molecule is COC(=O)c1ccc(Cn2ncc3c4cc(OC)ccc4n(C)c3c2=O)s1. The summed E-state index contributed by atoms with van der Waals surface area (Å²) in [6.07, 6.45) is 1.70. The minimum absolute atomic E-state index is 0.182. The highest BCUT2D eigenvalue weighted by molar-refractivity contribution is 7.13. The summed E-state index contributed by atoms with van der Waals surface area (Å²) in [5, 5.41) is 6.05. The van der Waals surface area contributed by atoms with Crippen LogP contribution in [0, 0.1) is 0 Å². The summed E-state index contributed by atoms with van der Waals surface area (Å²) in [4.78, 5) is 26.0. The van der Waals surface area contributed by atoms with Crippen LogP contribution in [-0.4, -0.2) is 34.5 Å². The first-order valence-corrected chi connectivity index (χ1v) is 9.04. The van der Waals surface area contributed by atoms with Crippen LogP contribution in [0.25, 0.3) is 21.8 Å². The molecule has 27 heavy (non-hydrogen) atoms. The van der Waals surface area contributed by atoms with Gasteiger partial charge in [-0.05, 0) is 30.3 Å². The van der Waals surface area contributed by atoms with Gasteiger partial charge in [-0.3, -0.25) is 4.79 Å². The predicted molar refractivity (Wildman–Crippen MR) is 104 cm³/mol. The Balaban J connectivity index is 1.81. The van der Waals surface area contributed by atoms with Crippen molar-refractivity contribution in [3.63, 3.8) is 0 Å². The average Bonchev–Trinajstić information content (AvgIpc) is 3.26. The molecule has 0 atom stereocenters. The topological polar surface area (TPSA) is 75.4 Å². The lowest BCUT2D eigenvalue weighted by atomic mass is 10.2. The number of fused-ring (bicyclic) bond motifs is 3. The van der Waals surface area contributed by atoms with E-state index in [9.17, 15) is 9.59 Å². The van der Waals surface area contributed by atoms with Gasteiger partial charge in [-0.2, -0.15) is 5.10 Å². The number of rotatable bonds is 4. The van der Waals surface area contributed by atoms with Crippen molar-refractivity contribution in [2.45, 2.75) is 6.54 Å². The van der Waals surface area contributed by atoms with Crippen molar-refractivity contribution in [3.8, 4) is 5.75 Å². The zero-order valence-electron chi connectivity index (χ0n) is 15.1. The first-order chi connectivity index (χ1) is 13.0. The Morgan fingerprint density at radius 2 is 2.00 bits per heavy atom. The number of thiophene rings is 1. The van der Waals surface area contributed by atoms with Crippen LogP contribution in [0.3, 0.4) is 0 Å². The molecule has 3 heterocycles. The first-order valence-electron chi connectivity index (χ1n) is 8.22. The van der Waals surface area contributed by atoms with Gasteiger partial charge in [0, 0.05) is 28.2 Å². The molecule has 4 rings (SSSR count). The van der Waals surface area contributed by atoms with E-state index in [0.717, 1.165) is 26.9 Å². The van der Waals surface area contributed by atoms with Gasteiger partial charge in [0.2, 0.25) is 0 Å². The number of aromatic nitrogens is 3. The summed E-state index contributed by atoms with van der Waals surface area (Å²) in [7, 11) is 4.82. The van der Waals surface area contributed by atoms with E-state index in [-0.39, 0.29) is 11.5 Å². The predicted octanol–water partition coefficient (Wildman–Crippen LogP) is 2.79. The molecule has 1 aromatic carbocycles. The molecule has 0 radical (unpaired) electrons. The quantitative estimate of drug-likeness (QED) is 0.507. The Hall–Kier alpha value is -3.13. The zero-order valence-corrected chi connectivity index (χ0v) is 15.9. The van der Waals surface area contributed by atoms with Gasteiger partial charge in [0.15, 0.2) is 0 Å². The van der Waals surface area contributed by atoms with Crippen molar-refractivity contribution in [1.82, 2.24) is 14.3 Å². The molecule has 0 bridgehead atoms. The third-order valence-corrected chi connectivity index (χ3v) is 5.61. The van der Waals surface area contributed by atoms with Crippen molar-refractivity contribution in [2.75, 3.05) is 14.2 Å². The van der Waals surface area contributed by atoms with E-state index in [2.05, 4.69) is 5.10 Å². The molecule has 0 saturated heterocycles. The number of esters is 1. The lowest BCUT2D eigenvalue weighted by Crippen LogP contribution is -2.24. The molecule has 7 nitrogen and oxygen atoms in total. The number of hydrogen-bond acceptors (Lipinski definition) is 6. The van der Waals surface area contributed by atoms with Gasteiger partial charge in [-0.15, -0.1) is 11.3 Å². The van der Waals surface area contributed by atoms with Crippen molar-refractivity contribution in [3.05, 3.63) is 56.6 Å². The number of aryl methyl sites for hydroxylation is 1. The number of carbonyl (C=O) groups is 1. The monoisotopic (exact) mass is 383 g/mol. The van der Waals surface area contributed by atoms with Crippen molar-refractivity contribution >= 4 is 39.1 Å². The average molecular weight is 383 g/mol. The van der Waals surface area contributed by atoms with Gasteiger partial charge in [-0.25, -0.2) is 9.48 Å². The van der Waals surface area contributed by atoms with Crippen LogP contribution in [0.15, 0.2) is 41.3 Å². The van der Waals surface area contributed by atoms with Crippen LogP contribution in [0.5, 0.6) is 5.75 Å². The molecule has 4 aromatic rings. The molecule has 0 saturated carbocycles. The van der Waals surface area contributed by atoms with Crippen molar-refractivity contribution < 1.29 is 14.3 Å². The van der Waals surface area contributed by atoms with Crippen molar-refractivity contribution in [1.29, 1.82) is 0 Å². The molecular weight excluding hydrogens is 366 g/mol. The summed E-state index contributed by atoms with van der Waals surface area (Å²) >= 11 is 1.29. The molecule has 0 N–H and O–H groups in total. The maximum atomic E-state index is 13.0. The molecule has 8 heteroatoms. The van der Waals surface area contributed by atoms with Crippen molar-refractivity contribution in [2.24, 2.45) is 7.05 Å². The summed E-state index contributed by atoms with van der Waals surface area (Å²) < 4.78 is 13.3. The number of ether oxygens (including phenoxy) is 2. The van der Waals surface area contributed by atoms with Crippen LogP contribution >= 0.6 is 11.3 Å². The number of benzene rings is 1. The van der Waals surface area contributed by atoms with E-state index in [1.165, 1.54) is 23.1 Å². The Labute approximate surface area is 158 Å². The summed E-state index contributed by atoms with van der Waals surface area (Å²) in [6.45, 7) is 0.293. The second-order valence-electron chi connectivity index (χ2n) is 6.07. The molecule has 0 spiro atoms. The van der Waals surface area contributed by atoms with E-state index in [0.29, 0.717) is 16.9 Å². The normalized spacial score (nSPS) is 11.2. The zero-order chi connectivity index (χ0) is 19.1. The smallest absolute Gasteiger partial charge is 0.348 e. The van der Waals surface area contributed by atoms with Crippen LogP contribution in [0.4, 0.5) is 0 Å². The summed E-state index contributed by atoms with van der Waals surface area (Å²) in [6, 6.07) is 9.21. The molecule has 0 amide bonds. The fraction of sp³-hybridized carbons (Fsp3) is 0.211. The molecule has 0 unspecified atom stereocenters. The van der Waals surface area contributed by atoms with Gasteiger partial charge < -0.3 is 14.0 Å². The van der Waals surface area contributed by atoms with Gasteiger partial charge in [0.1, 0.15) is 16.1 Å². The third-order valence-electron chi connectivity index (χ3n) is 4.56. The second kappa shape index (κ2) is 6.55. The third kappa shape index (κ3) is 2.78. The van der Waals surface area contributed by atoms with Crippen LogP contribution in [-0.2, 0) is 18.3 Å². The number of hydrogen-bond donors (Lipinski definition) is 0. The Morgan fingerprint density at radius 1 is 1.19 bits per heavy atom. The lowest BCUT2D eigenvalue weighted by Gasteiger charge is -2.04. The minimum atomic E-state index is -0.385. The number of methoxy groups -OCH3 is 2. The van der Waals surface area contributed by atoms with Crippen LogP contribution in [0.2, 0.25) is 0 Å². The summed E-state index contributed by atoms with van der Waals surface area (Å²) in [5.41, 5.74) is 1.34. The lowest BCUT2D eigenvalue weighted by molar-refractivity contribution is 0.0606. The van der Waals surface area contributed by atoms with E-state index in [1.807, 2.05) is 35.9 Å². The van der Waals surface area contributed by atoms with Crippen LogP contribution in [0.1, 0.15) is 14.5 Å². The van der Waals surface area contributed by atoms with E-state index in [4.69, 9.17) is 9.47 Å². The highest BCUT2D eigenvalue weighted by Gasteiger charge is 2.16. The molecule has 138 valence electrons. The highest BCUT2D eigenvalue weighted by Crippen LogP contribution is 2.29. The largest absolute Gasteiger partial charge is 0.497 e. The minimum Gasteiger partial charge on any atom is -0.497 e. The Bertz CT molecular complexity index is 1240. The van der Waals surface area contributed by atoms with E-state index >= 15 is 0 Å². The molecule has 0 aliphatic carbocycles. The maximum absolute atomic E-state index is 13.0. The maximum Gasteiger partial charge on any atom is 0.348 e. The molecule has 3 aromatic heterocycles. The second-order valence-corrected chi connectivity index (χ2v) is 7.24. The van der Waals surface area contributed by atoms with E-state index < -0.39 is 0 Å². The summed E-state index contributed by atoms with van der Waals surface area (Å²) in [5.74, 6) is 0.345.